The Hall–Kier alpha value is -1.75. The molecule has 1 aromatic rings. The lowest BCUT2D eigenvalue weighted by Gasteiger charge is -2.16. The molecule has 0 heterocycles. The van der Waals surface area contributed by atoms with E-state index in [0.29, 0.717) is 11.4 Å². The lowest BCUT2D eigenvalue weighted by atomic mass is 10.3. The van der Waals surface area contributed by atoms with Crippen molar-refractivity contribution >= 4 is 29.2 Å². The summed E-state index contributed by atoms with van der Waals surface area (Å²) in [6, 6.07) is 6.74. The summed E-state index contributed by atoms with van der Waals surface area (Å²) < 4.78 is 9.62. The zero-order valence-electron chi connectivity index (χ0n) is 10.2. The van der Waals surface area contributed by atoms with E-state index in [2.05, 4.69) is 4.74 Å². The van der Waals surface area contributed by atoms with E-state index in [4.69, 9.17) is 16.3 Å². The highest BCUT2D eigenvalue weighted by Crippen LogP contribution is 2.18. The van der Waals surface area contributed by atoms with E-state index in [9.17, 15) is 9.59 Å². The summed E-state index contributed by atoms with van der Waals surface area (Å²) in [5, 5.41) is 0. The van der Waals surface area contributed by atoms with Crippen molar-refractivity contribution in [3.63, 3.8) is 0 Å². The summed E-state index contributed by atoms with van der Waals surface area (Å²) in [7, 11) is 2.93. The van der Waals surface area contributed by atoms with E-state index in [1.165, 1.54) is 12.0 Å². The van der Waals surface area contributed by atoms with Crippen LogP contribution in [-0.2, 0) is 14.3 Å². The molecule has 18 heavy (non-hydrogen) atoms. The number of alkyl halides is 1. The largest absolute Gasteiger partial charge is 0.482 e. The molecule has 98 valence electrons. The number of methoxy groups -OCH3 is 1. The van der Waals surface area contributed by atoms with Crippen molar-refractivity contribution in [1.29, 1.82) is 0 Å². The van der Waals surface area contributed by atoms with Gasteiger partial charge in [0, 0.05) is 12.7 Å². The predicted molar refractivity (Wildman–Crippen MR) is 68.1 cm³/mol. The topological polar surface area (TPSA) is 55.8 Å². The van der Waals surface area contributed by atoms with Crippen molar-refractivity contribution in [1.82, 2.24) is 0 Å². The van der Waals surface area contributed by atoms with Crippen LogP contribution in [0, 0.1) is 0 Å². The molecular weight excluding hydrogens is 258 g/mol. The van der Waals surface area contributed by atoms with Crippen LogP contribution in [0.5, 0.6) is 5.75 Å². The molecule has 0 saturated heterocycles. The Labute approximate surface area is 110 Å². The average molecular weight is 272 g/mol. The van der Waals surface area contributed by atoms with Gasteiger partial charge in [-0.05, 0) is 24.3 Å². The number of rotatable bonds is 5. The van der Waals surface area contributed by atoms with Crippen molar-refractivity contribution in [2.75, 3.05) is 31.5 Å². The third-order valence-corrected chi connectivity index (χ3v) is 2.53. The van der Waals surface area contributed by atoms with Crippen molar-refractivity contribution in [2.24, 2.45) is 0 Å². The Bertz CT molecular complexity index is 419. The zero-order chi connectivity index (χ0) is 13.5. The molecule has 0 aromatic heterocycles. The number of hydrogen-bond donors (Lipinski definition) is 0. The third-order valence-electron chi connectivity index (χ3n) is 2.30. The van der Waals surface area contributed by atoms with E-state index in [1.54, 1.807) is 31.3 Å². The molecular formula is C12H14ClNO4. The average Bonchev–Trinajstić information content (AvgIpc) is 2.43. The van der Waals surface area contributed by atoms with Crippen LogP contribution in [0.4, 0.5) is 5.69 Å². The van der Waals surface area contributed by atoms with Crippen LogP contribution in [0.2, 0.25) is 0 Å². The Morgan fingerprint density at radius 1 is 1.28 bits per heavy atom. The first-order valence-corrected chi connectivity index (χ1v) is 5.74. The highest BCUT2D eigenvalue weighted by atomic mass is 35.5. The second kappa shape index (κ2) is 6.86. The van der Waals surface area contributed by atoms with Crippen LogP contribution in [0.15, 0.2) is 24.3 Å². The molecule has 0 bridgehead atoms. The summed E-state index contributed by atoms with van der Waals surface area (Å²) in [5.41, 5.74) is 0.700. The zero-order valence-corrected chi connectivity index (χ0v) is 10.9. The Morgan fingerprint density at radius 3 is 2.39 bits per heavy atom. The molecule has 0 radical (unpaired) electrons. The van der Waals surface area contributed by atoms with Gasteiger partial charge in [0.2, 0.25) is 5.91 Å². The molecule has 0 aliphatic carbocycles. The quantitative estimate of drug-likeness (QED) is 0.601. The second-order valence-corrected chi connectivity index (χ2v) is 3.71. The van der Waals surface area contributed by atoms with E-state index in [0.717, 1.165) is 0 Å². The van der Waals surface area contributed by atoms with Gasteiger partial charge in [0.1, 0.15) is 11.6 Å². The number of esters is 1. The number of carbonyl (C=O) groups is 2. The van der Waals surface area contributed by atoms with Gasteiger partial charge in [-0.25, -0.2) is 4.79 Å². The number of ether oxygens (including phenoxy) is 2. The summed E-state index contributed by atoms with van der Waals surface area (Å²) >= 11 is 5.46. The summed E-state index contributed by atoms with van der Waals surface area (Å²) in [4.78, 5) is 23.7. The number of benzene rings is 1. The van der Waals surface area contributed by atoms with E-state index >= 15 is 0 Å². The number of anilines is 1. The highest BCUT2D eigenvalue weighted by molar-refractivity contribution is 6.29. The normalized spacial score (nSPS) is 9.72. The number of amides is 1. The molecule has 1 aromatic carbocycles. The SMILES string of the molecule is COC(=O)COc1ccc(N(C)C(=O)CCl)cc1. The predicted octanol–water partition coefficient (Wildman–Crippen LogP) is 1.44. The molecule has 0 atom stereocenters. The minimum Gasteiger partial charge on any atom is -0.482 e. The molecule has 0 saturated carbocycles. The van der Waals surface area contributed by atoms with E-state index in [1.807, 2.05) is 0 Å². The second-order valence-electron chi connectivity index (χ2n) is 3.45. The van der Waals surface area contributed by atoms with Crippen molar-refractivity contribution < 1.29 is 19.1 Å². The number of halogens is 1. The maximum atomic E-state index is 11.4. The third kappa shape index (κ3) is 3.92. The fourth-order valence-corrected chi connectivity index (χ4v) is 1.38. The number of hydrogen-bond acceptors (Lipinski definition) is 4. The van der Waals surface area contributed by atoms with E-state index in [-0.39, 0.29) is 18.4 Å². The molecule has 0 unspecified atom stereocenters. The van der Waals surface area contributed by atoms with Crippen LogP contribution >= 0.6 is 11.6 Å². The summed E-state index contributed by atoms with van der Waals surface area (Å²) in [6.45, 7) is -0.147. The van der Waals surface area contributed by atoms with Crippen LogP contribution in [0.1, 0.15) is 0 Å². The minimum absolute atomic E-state index is 0.0723. The van der Waals surface area contributed by atoms with E-state index < -0.39 is 5.97 Å². The van der Waals surface area contributed by atoms with Gasteiger partial charge in [-0.3, -0.25) is 4.79 Å². The van der Waals surface area contributed by atoms with Crippen LogP contribution < -0.4 is 9.64 Å². The van der Waals surface area contributed by atoms with Gasteiger partial charge in [0.15, 0.2) is 6.61 Å². The highest BCUT2D eigenvalue weighted by Gasteiger charge is 2.09. The first-order chi connectivity index (χ1) is 8.58. The minimum atomic E-state index is -0.450. The van der Waals surface area contributed by atoms with Crippen molar-refractivity contribution in [2.45, 2.75) is 0 Å². The first-order valence-electron chi connectivity index (χ1n) is 5.20. The molecule has 0 fully saturated rings. The standard InChI is InChI=1S/C12H14ClNO4/c1-14(11(15)7-13)9-3-5-10(6-4-9)18-8-12(16)17-2/h3-6H,7-8H2,1-2H3. The molecule has 1 rings (SSSR count). The summed E-state index contributed by atoms with van der Waals surface area (Å²) in [6.07, 6.45) is 0. The lowest BCUT2D eigenvalue weighted by Crippen LogP contribution is -2.27. The Morgan fingerprint density at radius 2 is 1.89 bits per heavy atom. The first kappa shape index (κ1) is 14.3. The lowest BCUT2D eigenvalue weighted by molar-refractivity contribution is -0.142. The fourth-order valence-electron chi connectivity index (χ4n) is 1.20. The van der Waals surface area contributed by atoms with Crippen LogP contribution in [0.3, 0.4) is 0 Å². The van der Waals surface area contributed by atoms with Gasteiger partial charge >= 0.3 is 5.97 Å². The van der Waals surface area contributed by atoms with Gasteiger partial charge in [-0.2, -0.15) is 0 Å². The van der Waals surface area contributed by atoms with Gasteiger partial charge < -0.3 is 14.4 Å². The van der Waals surface area contributed by atoms with Crippen molar-refractivity contribution in [3.8, 4) is 5.75 Å². The molecule has 5 nitrogen and oxygen atoms in total. The van der Waals surface area contributed by atoms with Crippen molar-refractivity contribution in [3.05, 3.63) is 24.3 Å². The number of nitrogens with zero attached hydrogens (tertiary/aromatic N) is 1. The fraction of sp³-hybridized carbons (Fsp3) is 0.333. The maximum Gasteiger partial charge on any atom is 0.343 e. The molecule has 0 aliphatic heterocycles. The van der Waals surface area contributed by atoms with Gasteiger partial charge in [-0.1, -0.05) is 0 Å². The molecule has 0 N–H and O–H groups in total. The van der Waals surface area contributed by atoms with Crippen LogP contribution in [0.25, 0.3) is 0 Å². The maximum absolute atomic E-state index is 11.4. The molecule has 6 heteroatoms. The monoisotopic (exact) mass is 271 g/mol. The molecule has 0 spiro atoms. The number of carbonyl (C=O) groups excluding carboxylic acids is 2. The Kier molecular flexibility index (Phi) is 5.45. The Balaban J connectivity index is 2.62. The molecule has 0 aliphatic rings. The van der Waals surface area contributed by atoms with Gasteiger partial charge in [0.05, 0.1) is 7.11 Å². The smallest absolute Gasteiger partial charge is 0.343 e. The molecule has 1 amide bonds. The van der Waals surface area contributed by atoms with Gasteiger partial charge in [-0.15, -0.1) is 11.6 Å². The van der Waals surface area contributed by atoms with Gasteiger partial charge in [0.25, 0.3) is 0 Å². The summed E-state index contributed by atoms with van der Waals surface area (Å²) in [5.74, 6) is -0.193. The van der Waals surface area contributed by atoms with Crippen LogP contribution in [-0.4, -0.2) is 38.5 Å².